The Labute approximate surface area is 126 Å². The van der Waals surface area contributed by atoms with Crippen molar-refractivity contribution in [1.29, 1.82) is 0 Å². The molecule has 1 N–H and O–H groups in total. The van der Waals surface area contributed by atoms with Gasteiger partial charge >= 0.3 is 13.1 Å². The Kier molecular flexibility index (Phi) is 4.80. The molecule has 1 heterocycles. The summed E-state index contributed by atoms with van der Waals surface area (Å²) in [6, 6.07) is 0.909. The van der Waals surface area contributed by atoms with Gasteiger partial charge in [-0.25, -0.2) is 13.6 Å². The van der Waals surface area contributed by atoms with Crippen LogP contribution in [0.5, 0.6) is 5.75 Å². The molecule has 0 fully saturated rings. The number of halogens is 2. The molecular weight excluding hydrogens is 297 g/mol. The zero-order valence-corrected chi connectivity index (χ0v) is 12.2. The number of carbonyl (C=O) groups excluding carboxylic acids is 2. The fourth-order valence-corrected chi connectivity index (χ4v) is 2.48. The molecule has 1 aromatic carbocycles. The number of fused-ring (bicyclic) bond motifs is 1. The molecule has 0 bridgehead atoms. The van der Waals surface area contributed by atoms with Gasteiger partial charge in [0.1, 0.15) is 17.1 Å². The highest BCUT2D eigenvalue weighted by molar-refractivity contribution is 6.46. The van der Waals surface area contributed by atoms with E-state index in [0.29, 0.717) is 0 Å². The molecule has 1 aliphatic rings. The maximum atomic E-state index is 13.9. The van der Waals surface area contributed by atoms with Crippen LogP contribution in [0.1, 0.15) is 36.2 Å². The van der Waals surface area contributed by atoms with Crippen molar-refractivity contribution in [3.63, 3.8) is 0 Å². The van der Waals surface area contributed by atoms with E-state index in [1.165, 1.54) is 13.8 Å². The minimum atomic E-state index is -1.38. The van der Waals surface area contributed by atoms with Crippen LogP contribution in [-0.4, -0.2) is 30.5 Å². The zero-order valence-electron chi connectivity index (χ0n) is 12.2. The van der Waals surface area contributed by atoms with Crippen LogP contribution in [0, 0.1) is 11.6 Å². The molecule has 0 radical (unpaired) electrons. The monoisotopic (exact) mass is 312 g/mol. The van der Waals surface area contributed by atoms with Gasteiger partial charge in [0.05, 0.1) is 6.61 Å². The molecule has 0 amide bonds. The van der Waals surface area contributed by atoms with Crippen LogP contribution in [0.4, 0.5) is 8.78 Å². The highest BCUT2D eigenvalue weighted by atomic mass is 19.2. The fourth-order valence-electron chi connectivity index (χ4n) is 2.48. The third-order valence-corrected chi connectivity index (χ3v) is 3.40. The Morgan fingerprint density at radius 2 is 2.18 bits per heavy atom. The predicted molar refractivity (Wildman–Crippen MR) is 73.7 cm³/mol. The van der Waals surface area contributed by atoms with Crippen molar-refractivity contribution in [2.75, 3.05) is 6.61 Å². The van der Waals surface area contributed by atoms with E-state index in [1.807, 2.05) is 0 Å². The number of ether oxygens (including phenoxy) is 1. The Hall–Kier alpha value is -1.96. The SMILES string of the molecule is CCOC(=O)c1c(F)c(F)cc2c1OB(O)[C@@H](CC(C)=O)C2. The van der Waals surface area contributed by atoms with Gasteiger partial charge in [-0.2, -0.15) is 0 Å². The lowest BCUT2D eigenvalue weighted by molar-refractivity contribution is -0.117. The fraction of sp³-hybridized carbons (Fsp3) is 0.429. The number of rotatable bonds is 4. The molecule has 1 aromatic rings. The first-order valence-corrected chi connectivity index (χ1v) is 6.87. The third kappa shape index (κ3) is 3.11. The highest BCUT2D eigenvalue weighted by Crippen LogP contribution is 2.38. The van der Waals surface area contributed by atoms with Gasteiger partial charge in [-0.05, 0) is 31.9 Å². The molecule has 8 heteroatoms. The lowest BCUT2D eigenvalue weighted by Crippen LogP contribution is -2.36. The molecule has 0 unspecified atom stereocenters. The molecule has 118 valence electrons. The van der Waals surface area contributed by atoms with Gasteiger partial charge in [0.15, 0.2) is 11.6 Å². The van der Waals surface area contributed by atoms with Gasteiger partial charge in [-0.1, -0.05) is 0 Å². The molecule has 2 rings (SSSR count). The zero-order chi connectivity index (χ0) is 16.4. The molecule has 0 saturated heterocycles. The quantitative estimate of drug-likeness (QED) is 0.679. The summed E-state index contributed by atoms with van der Waals surface area (Å²) in [5.74, 6) is -4.62. The normalized spacial score (nSPS) is 16.8. The van der Waals surface area contributed by atoms with E-state index >= 15 is 0 Å². The van der Waals surface area contributed by atoms with Crippen molar-refractivity contribution < 1.29 is 32.8 Å². The standard InChI is InChI=1S/C14H15BF2O5/c1-3-21-14(19)11-12(17)10(16)6-8-5-9(4-7(2)18)15(20)22-13(8)11/h6,9,20H,3-5H2,1-2H3/t9-/m0/s1. The Bertz CT molecular complexity index is 620. The van der Waals surface area contributed by atoms with E-state index in [2.05, 4.69) is 0 Å². The minimum Gasteiger partial charge on any atom is -0.535 e. The second-order valence-electron chi connectivity index (χ2n) is 5.13. The molecule has 0 aliphatic carbocycles. The van der Waals surface area contributed by atoms with Gasteiger partial charge in [0.25, 0.3) is 0 Å². The van der Waals surface area contributed by atoms with Crippen molar-refractivity contribution in [3.05, 3.63) is 28.8 Å². The van der Waals surface area contributed by atoms with Gasteiger partial charge in [-0.3, -0.25) is 0 Å². The second-order valence-corrected chi connectivity index (χ2v) is 5.13. The van der Waals surface area contributed by atoms with Crippen LogP contribution in [0.15, 0.2) is 6.07 Å². The first-order valence-electron chi connectivity index (χ1n) is 6.87. The topological polar surface area (TPSA) is 72.8 Å². The van der Waals surface area contributed by atoms with Crippen LogP contribution in [0.3, 0.4) is 0 Å². The average molecular weight is 312 g/mol. The number of Topliss-reactive ketones (excluding diaryl/α,β-unsaturated/α-hetero) is 1. The summed E-state index contributed by atoms with van der Waals surface area (Å²) in [6.07, 6.45) is 0.133. The molecule has 5 nitrogen and oxygen atoms in total. The summed E-state index contributed by atoms with van der Waals surface area (Å²) in [6.45, 7) is 2.87. The lowest BCUT2D eigenvalue weighted by atomic mass is 9.64. The number of carbonyl (C=O) groups is 2. The van der Waals surface area contributed by atoms with E-state index in [4.69, 9.17) is 9.39 Å². The van der Waals surface area contributed by atoms with Crippen molar-refractivity contribution in [2.24, 2.45) is 0 Å². The molecule has 1 aliphatic heterocycles. The van der Waals surface area contributed by atoms with Crippen LogP contribution >= 0.6 is 0 Å². The van der Waals surface area contributed by atoms with Crippen LogP contribution in [-0.2, 0) is 16.0 Å². The molecule has 0 aromatic heterocycles. The smallest absolute Gasteiger partial charge is 0.526 e. The molecular formula is C14H15BF2O5. The molecule has 1 atom stereocenters. The summed E-state index contributed by atoms with van der Waals surface area (Å²) < 4.78 is 37.5. The second kappa shape index (κ2) is 6.43. The van der Waals surface area contributed by atoms with Crippen molar-refractivity contribution in [1.82, 2.24) is 0 Å². The summed E-state index contributed by atoms with van der Waals surface area (Å²) in [4.78, 5) is 23.0. The number of benzene rings is 1. The Morgan fingerprint density at radius 3 is 2.77 bits per heavy atom. The third-order valence-electron chi connectivity index (χ3n) is 3.40. The first kappa shape index (κ1) is 16.4. The van der Waals surface area contributed by atoms with Crippen LogP contribution < -0.4 is 4.65 Å². The number of hydrogen-bond donors (Lipinski definition) is 1. The maximum absolute atomic E-state index is 13.9. The number of ketones is 1. The van der Waals surface area contributed by atoms with E-state index in [1.54, 1.807) is 0 Å². The van der Waals surface area contributed by atoms with E-state index < -0.39 is 36.1 Å². The average Bonchev–Trinajstić information content (AvgIpc) is 2.42. The number of esters is 1. The largest absolute Gasteiger partial charge is 0.535 e. The van der Waals surface area contributed by atoms with Crippen molar-refractivity contribution >= 4 is 18.9 Å². The van der Waals surface area contributed by atoms with Gasteiger partial charge < -0.3 is 19.2 Å². The Morgan fingerprint density at radius 1 is 1.50 bits per heavy atom. The maximum Gasteiger partial charge on any atom is 0.526 e. The minimum absolute atomic E-state index is 0.0148. The van der Waals surface area contributed by atoms with E-state index in [9.17, 15) is 23.4 Å². The van der Waals surface area contributed by atoms with Crippen LogP contribution in [0.25, 0.3) is 0 Å². The highest BCUT2D eigenvalue weighted by Gasteiger charge is 2.39. The van der Waals surface area contributed by atoms with Gasteiger partial charge in [0.2, 0.25) is 0 Å². The Balaban J connectivity index is 2.46. The summed E-state index contributed by atoms with van der Waals surface area (Å²) in [5.41, 5.74) is -0.448. The predicted octanol–water partition coefficient (Wildman–Crippen LogP) is 1.91. The first-order chi connectivity index (χ1) is 10.3. The number of hydrogen-bond acceptors (Lipinski definition) is 5. The summed E-state index contributed by atoms with van der Waals surface area (Å²) in [7, 11) is -1.38. The molecule has 0 saturated carbocycles. The summed E-state index contributed by atoms with van der Waals surface area (Å²) in [5, 5.41) is 9.92. The van der Waals surface area contributed by atoms with E-state index in [0.717, 1.165) is 6.07 Å². The van der Waals surface area contributed by atoms with Gasteiger partial charge in [-0.15, -0.1) is 0 Å². The van der Waals surface area contributed by atoms with E-state index in [-0.39, 0.29) is 36.5 Å². The van der Waals surface area contributed by atoms with Crippen molar-refractivity contribution in [3.8, 4) is 5.75 Å². The van der Waals surface area contributed by atoms with Gasteiger partial charge in [0, 0.05) is 12.2 Å². The van der Waals surface area contributed by atoms with Crippen LogP contribution in [0.2, 0.25) is 5.82 Å². The molecule has 0 spiro atoms. The summed E-state index contributed by atoms with van der Waals surface area (Å²) >= 11 is 0. The lowest BCUT2D eigenvalue weighted by Gasteiger charge is -2.28. The molecule has 22 heavy (non-hydrogen) atoms. The van der Waals surface area contributed by atoms with Crippen molar-refractivity contribution in [2.45, 2.75) is 32.5 Å².